The number of nitrogens with zero attached hydrogens (tertiary/aromatic N) is 4. The van der Waals surface area contributed by atoms with Crippen LogP contribution in [0.5, 0.6) is 5.75 Å². The quantitative estimate of drug-likeness (QED) is 0.307. The number of benzene rings is 1. The lowest BCUT2D eigenvalue weighted by atomic mass is 10.1. The lowest BCUT2D eigenvalue weighted by Gasteiger charge is -2.08. The van der Waals surface area contributed by atoms with Crippen LogP contribution in [0.4, 0.5) is 5.13 Å². The van der Waals surface area contributed by atoms with E-state index in [1.54, 1.807) is 19.4 Å². The molecule has 3 aromatic heterocycles. The highest BCUT2D eigenvalue weighted by molar-refractivity contribution is 7.99. The molecule has 0 bridgehead atoms. The van der Waals surface area contributed by atoms with Gasteiger partial charge in [0.05, 0.1) is 37.1 Å². The summed E-state index contributed by atoms with van der Waals surface area (Å²) in [5.41, 5.74) is 3.19. The molecule has 4 aromatic rings. The van der Waals surface area contributed by atoms with Gasteiger partial charge in [0.25, 0.3) is 0 Å². The fourth-order valence-corrected chi connectivity index (χ4v) is 4.66. The monoisotopic (exact) mass is 471 g/mol. The van der Waals surface area contributed by atoms with Crippen LogP contribution in [0.2, 0.25) is 0 Å². The van der Waals surface area contributed by atoms with Gasteiger partial charge >= 0.3 is 5.97 Å². The Morgan fingerprint density at radius 2 is 2.09 bits per heavy atom. The molecule has 9 nitrogen and oxygen atoms in total. The largest absolute Gasteiger partial charge is 0.497 e. The van der Waals surface area contributed by atoms with E-state index in [1.165, 1.54) is 23.1 Å². The van der Waals surface area contributed by atoms with Crippen LogP contribution in [0.25, 0.3) is 16.6 Å². The smallest absolute Gasteiger partial charge is 0.311 e. The average Bonchev–Trinajstić information content (AvgIpc) is 3.39. The molecule has 0 radical (unpaired) electrons. The number of pyridine rings is 1. The summed E-state index contributed by atoms with van der Waals surface area (Å²) >= 11 is 2.55. The molecule has 3 heterocycles. The van der Waals surface area contributed by atoms with Gasteiger partial charge < -0.3 is 14.8 Å². The van der Waals surface area contributed by atoms with E-state index in [-0.39, 0.29) is 24.1 Å². The summed E-state index contributed by atoms with van der Waals surface area (Å²) in [6.45, 7) is 4.05. The minimum Gasteiger partial charge on any atom is -0.497 e. The molecule has 32 heavy (non-hydrogen) atoms. The summed E-state index contributed by atoms with van der Waals surface area (Å²) < 4.78 is 12.2. The molecule has 0 atom stereocenters. The minimum atomic E-state index is -0.343. The number of rotatable bonds is 8. The lowest BCUT2D eigenvalue weighted by Crippen LogP contribution is -2.14. The lowest BCUT2D eigenvalue weighted by molar-refractivity contribution is -0.142. The maximum atomic E-state index is 12.5. The number of amides is 1. The van der Waals surface area contributed by atoms with Crippen molar-refractivity contribution < 1.29 is 19.1 Å². The third-order valence-corrected chi connectivity index (χ3v) is 6.33. The fraction of sp³-hybridized carbons (Fsp3) is 0.286. The Bertz CT molecular complexity index is 1300. The highest BCUT2D eigenvalue weighted by atomic mass is 32.2. The Morgan fingerprint density at radius 3 is 2.88 bits per heavy atom. The Kier molecular flexibility index (Phi) is 6.56. The van der Waals surface area contributed by atoms with Gasteiger partial charge in [-0.05, 0) is 43.0 Å². The number of aryl methyl sites for hydroxylation is 1. The third kappa shape index (κ3) is 4.68. The number of hydrogen-bond donors (Lipinski definition) is 1. The van der Waals surface area contributed by atoms with Crippen molar-refractivity contribution in [3.63, 3.8) is 0 Å². The van der Waals surface area contributed by atoms with Gasteiger partial charge in [0, 0.05) is 11.4 Å². The number of methoxy groups -OCH3 is 1. The van der Waals surface area contributed by atoms with Crippen molar-refractivity contribution in [3.05, 3.63) is 40.9 Å². The molecule has 11 heteroatoms. The second kappa shape index (κ2) is 9.53. The Labute approximate surface area is 192 Å². The van der Waals surface area contributed by atoms with E-state index in [2.05, 4.69) is 26.6 Å². The van der Waals surface area contributed by atoms with Crippen LogP contribution in [0, 0.1) is 6.92 Å². The second-order valence-electron chi connectivity index (χ2n) is 6.86. The summed E-state index contributed by atoms with van der Waals surface area (Å²) in [6, 6.07) is 7.87. The highest BCUT2D eigenvalue weighted by Gasteiger charge is 2.15. The van der Waals surface area contributed by atoms with Crippen LogP contribution in [0.15, 0.2) is 34.8 Å². The number of thioether (sulfide) groups is 1. The first-order chi connectivity index (χ1) is 15.5. The van der Waals surface area contributed by atoms with Crippen LogP contribution < -0.4 is 10.1 Å². The molecule has 0 fully saturated rings. The Balaban J connectivity index is 1.48. The molecule has 4 rings (SSSR count). The second-order valence-corrected chi connectivity index (χ2v) is 8.66. The maximum absolute atomic E-state index is 12.5. The van der Waals surface area contributed by atoms with Gasteiger partial charge in [-0.3, -0.25) is 14.0 Å². The molecule has 0 aliphatic carbocycles. The molecule has 1 N–H and O–H groups in total. The number of carbonyl (C=O) groups is 2. The van der Waals surface area contributed by atoms with E-state index in [4.69, 9.17) is 9.47 Å². The number of anilines is 1. The van der Waals surface area contributed by atoms with Gasteiger partial charge in [0.15, 0.2) is 15.9 Å². The van der Waals surface area contributed by atoms with Gasteiger partial charge in [-0.25, -0.2) is 4.98 Å². The minimum absolute atomic E-state index is 0.0799. The maximum Gasteiger partial charge on any atom is 0.311 e. The molecule has 0 saturated heterocycles. The van der Waals surface area contributed by atoms with Crippen molar-refractivity contribution in [2.75, 3.05) is 24.8 Å². The standard InChI is InChI=1S/C21H21N5O4S2/c1-4-30-18(28)8-14-10-31-20(22-14)23-17(27)11-32-21-25-24-19-12(2)7-13-5-6-15(29-3)9-16(13)26(19)21/h5-7,9-10H,4,8,11H2,1-3H3,(H,22,23,27). The number of thiazole rings is 1. The molecular formula is C21H21N5O4S2. The number of ether oxygens (including phenoxy) is 2. The zero-order chi connectivity index (χ0) is 22.7. The van der Waals surface area contributed by atoms with Crippen molar-refractivity contribution >= 4 is 56.7 Å². The number of nitrogens with one attached hydrogen (secondary N) is 1. The first-order valence-corrected chi connectivity index (χ1v) is 11.7. The van der Waals surface area contributed by atoms with Gasteiger partial charge in [-0.1, -0.05) is 11.8 Å². The van der Waals surface area contributed by atoms with Gasteiger partial charge in [0.1, 0.15) is 5.75 Å². The van der Waals surface area contributed by atoms with E-state index in [1.807, 2.05) is 29.5 Å². The predicted octanol–water partition coefficient (Wildman–Crippen LogP) is 3.49. The first-order valence-electron chi connectivity index (χ1n) is 9.83. The summed E-state index contributed by atoms with van der Waals surface area (Å²) in [6.07, 6.45) is 0.0799. The van der Waals surface area contributed by atoms with Crippen LogP contribution in [0.1, 0.15) is 18.2 Å². The van der Waals surface area contributed by atoms with Crippen LogP contribution in [0.3, 0.4) is 0 Å². The highest BCUT2D eigenvalue weighted by Crippen LogP contribution is 2.28. The van der Waals surface area contributed by atoms with Crippen molar-refractivity contribution in [1.29, 1.82) is 0 Å². The predicted molar refractivity (Wildman–Crippen MR) is 124 cm³/mol. The van der Waals surface area contributed by atoms with Crippen molar-refractivity contribution in [1.82, 2.24) is 19.6 Å². The molecule has 0 aliphatic heterocycles. The molecule has 1 aromatic carbocycles. The van der Waals surface area contributed by atoms with Crippen molar-refractivity contribution in [2.24, 2.45) is 0 Å². The number of hydrogen-bond acceptors (Lipinski definition) is 9. The van der Waals surface area contributed by atoms with Gasteiger partial charge in [0.2, 0.25) is 5.91 Å². The number of fused-ring (bicyclic) bond motifs is 3. The van der Waals surface area contributed by atoms with Gasteiger partial charge in [-0.15, -0.1) is 21.5 Å². The fourth-order valence-electron chi connectivity index (χ4n) is 3.19. The molecule has 166 valence electrons. The summed E-state index contributed by atoms with van der Waals surface area (Å²) in [7, 11) is 1.62. The van der Waals surface area contributed by atoms with Crippen LogP contribution in [-0.4, -0.2) is 50.9 Å². The zero-order valence-electron chi connectivity index (χ0n) is 17.7. The molecule has 1 amide bonds. The van der Waals surface area contributed by atoms with E-state index in [9.17, 15) is 9.59 Å². The molecular weight excluding hydrogens is 450 g/mol. The van der Waals surface area contributed by atoms with Crippen molar-refractivity contribution in [3.8, 4) is 5.75 Å². The molecule has 0 spiro atoms. The Hall–Kier alpha value is -3.18. The van der Waals surface area contributed by atoms with Crippen LogP contribution >= 0.6 is 23.1 Å². The summed E-state index contributed by atoms with van der Waals surface area (Å²) in [5.74, 6) is 0.294. The zero-order valence-corrected chi connectivity index (χ0v) is 19.4. The topological polar surface area (TPSA) is 108 Å². The van der Waals surface area contributed by atoms with E-state index in [0.717, 1.165) is 27.9 Å². The number of esters is 1. The third-order valence-electron chi connectivity index (χ3n) is 4.60. The molecule has 0 aliphatic rings. The van der Waals surface area contributed by atoms with Gasteiger partial charge in [-0.2, -0.15) is 0 Å². The van der Waals surface area contributed by atoms with E-state index < -0.39 is 0 Å². The number of aromatic nitrogens is 4. The molecule has 0 unspecified atom stereocenters. The van der Waals surface area contributed by atoms with Crippen LogP contribution in [-0.2, 0) is 20.7 Å². The number of carbonyl (C=O) groups excluding carboxylic acids is 2. The molecule has 0 saturated carbocycles. The SMILES string of the molecule is CCOC(=O)Cc1csc(NC(=O)CSc2nnc3c(C)cc4ccc(OC)cc4n23)n1. The summed E-state index contributed by atoms with van der Waals surface area (Å²) in [5, 5.41) is 15.2. The van der Waals surface area contributed by atoms with E-state index >= 15 is 0 Å². The van der Waals surface area contributed by atoms with Crippen molar-refractivity contribution in [2.45, 2.75) is 25.4 Å². The normalized spacial score (nSPS) is 11.1. The average molecular weight is 472 g/mol. The summed E-state index contributed by atoms with van der Waals surface area (Å²) in [4.78, 5) is 28.3. The Morgan fingerprint density at radius 1 is 1.25 bits per heavy atom. The first kappa shape index (κ1) is 22.0. The van der Waals surface area contributed by atoms with E-state index in [0.29, 0.717) is 22.6 Å².